The van der Waals surface area contributed by atoms with Crippen LogP contribution in [0.2, 0.25) is 0 Å². The predicted octanol–water partition coefficient (Wildman–Crippen LogP) is 4.20. The van der Waals surface area contributed by atoms with Crippen molar-refractivity contribution in [2.24, 2.45) is 0 Å². The monoisotopic (exact) mass is 356 g/mol. The van der Waals surface area contributed by atoms with Crippen LogP contribution in [0.4, 0.5) is 5.69 Å². The predicted molar refractivity (Wildman–Crippen MR) is 95.1 cm³/mol. The summed E-state index contributed by atoms with van der Waals surface area (Å²) >= 11 is 3.70. The molecule has 3 nitrogen and oxygen atoms in total. The van der Waals surface area contributed by atoms with E-state index in [9.17, 15) is 0 Å². The van der Waals surface area contributed by atoms with Crippen LogP contribution in [0.25, 0.3) is 0 Å². The van der Waals surface area contributed by atoms with Gasteiger partial charge in [0.15, 0.2) is 0 Å². The molecule has 0 atom stereocenters. The zero-order valence-electron chi connectivity index (χ0n) is 14.2. The minimum atomic E-state index is 0.126. The fourth-order valence-corrected chi connectivity index (χ4v) is 2.60. The Labute approximate surface area is 138 Å². The second-order valence-electron chi connectivity index (χ2n) is 6.66. The van der Waals surface area contributed by atoms with Gasteiger partial charge in [-0.05, 0) is 52.3 Å². The summed E-state index contributed by atoms with van der Waals surface area (Å²) in [7, 11) is 1.75. The van der Waals surface area contributed by atoms with Gasteiger partial charge in [0.25, 0.3) is 0 Å². The lowest BCUT2D eigenvalue weighted by Gasteiger charge is -2.29. The SMILES string of the molecule is COCCN(c1ccc(CNC(C)(C)C)c(Br)c1)C(C)C. The Morgan fingerprint density at radius 1 is 1.29 bits per heavy atom. The lowest BCUT2D eigenvalue weighted by Crippen LogP contribution is -2.35. The largest absolute Gasteiger partial charge is 0.383 e. The number of ether oxygens (including phenoxy) is 1. The summed E-state index contributed by atoms with van der Waals surface area (Å²) < 4.78 is 6.36. The highest BCUT2D eigenvalue weighted by Crippen LogP contribution is 2.26. The molecule has 0 aliphatic rings. The molecule has 0 bridgehead atoms. The molecule has 0 heterocycles. The van der Waals surface area contributed by atoms with Crippen LogP contribution in [0.15, 0.2) is 22.7 Å². The molecule has 0 fully saturated rings. The van der Waals surface area contributed by atoms with E-state index >= 15 is 0 Å². The number of rotatable bonds is 7. The second kappa shape index (κ2) is 8.16. The molecule has 21 heavy (non-hydrogen) atoms. The van der Waals surface area contributed by atoms with Gasteiger partial charge in [-0.3, -0.25) is 0 Å². The third-order valence-corrected chi connectivity index (χ3v) is 4.08. The van der Waals surface area contributed by atoms with E-state index in [1.54, 1.807) is 7.11 Å². The molecule has 1 N–H and O–H groups in total. The fourth-order valence-electron chi connectivity index (χ4n) is 2.09. The first kappa shape index (κ1) is 18.5. The molecule has 0 saturated carbocycles. The zero-order valence-corrected chi connectivity index (χ0v) is 15.8. The molecule has 0 aromatic heterocycles. The number of benzene rings is 1. The summed E-state index contributed by atoms with van der Waals surface area (Å²) in [6.07, 6.45) is 0. The van der Waals surface area contributed by atoms with Crippen LogP contribution in [-0.4, -0.2) is 31.8 Å². The molecular weight excluding hydrogens is 328 g/mol. The summed E-state index contributed by atoms with van der Waals surface area (Å²) in [6, 6.07) is 7.04. The molecule has 1 rings (SSSR count). The van der Waals surface area contributed by atoms with Gasteiger partial charge in [-0.2, -0.15) is 0 Å². The van der Waals surface area contributed by atoms with Crippen molar-refractivity contribution in [1.82, 2.24) is 5.32 Å². The van der Waals surface area contributed by atoms with E-state index in [4.69, 9.17) is 4.74 Å². The Morgan fingerprint density at radius 2 is 1.95 bits per heavy atom. The summed E-state index contributed by atoms with van der Waals surface area (Å²) in [4.78, 5) is 2.36. The normalized spacial score (nSPS) is 12.0. The van der Waals surface area contributed by atoms with Crippen molar-refractivity contribution in [1.29, 1.82) is 0 Å². The summed E-state index contributed by atoms with van der Waals surface area (Å²) in [5.74, 6) is 0. The highest BCUT2D eigenvalue weighted by Gasteiger charge is 2.13. The van der Waals surface area contributed by atoms with Gasteiger partial charge in [0.05, 0.1) is 6.61 Å². The molecule has 1 aromatic rings. The third kappa shape index (κ3) is 6.37. The Kier molecular flexibility index (Phi) is 7.17. The van der Waals surface area contributed by atoms with Crippen molar-refractivity contribution in [3.8, 4) is 0 Å². The summed E-state index contributed by atoms with van der Waals surface area (Å²) in [5, 5.41) is 3.52. The van der Waals surface area contributed by atoms with Gasteiger partial charge in [0.2, 0.25) is 0 Å². The highest BCUT2D eigenvalue weighted by molar-refractivity contribution is 9.10. The summed E-state index contributed by atoms with van der Waals surface area (Å²) in [6.45, 7) is 13.5. The van der Waals surface area contributed by atoms with Gasteiger partial charge in [0.1, 0.15) is 0 Å². The number of anilines is 1. The minimum absolute atomic E-state index is 0.126. The second-order valence-corrected chi connectivity index (χ2v) is 7.51. The Balaban J connectivity index is 2.84. The number of hydrogen-bond donors (Lipinski definition) is 1. The van der Waals surface area contributed by atoms with Crippen LogP contribution in [0.3, 0.4) is 0 Å². The average Bonchev–Trinajstić information content (AvgIpc) is 2.36. The maximum absolute atomic E-state index is 5.21. The van der Waals surface area contributed by atoms with E-state index in [0.717, 1.165) is 24.2 Å². The van der Waals surface area contributed by atoms with Crippen LogP contribution in [-0.2, 0) is 11.3 Å². The van der Waals surface area contributed by atoms with E-state index in [1.807, 2.05) is 0 Å². The van der Waals surface area contributed by atoms with Crippen molar-refractivity contribution in [3.05, 3.63) is 28.2 Å². The van der Waals surface area contributed by atoms with Gasteiger partial charge >= 0.3 is 0 Å². The Morgan fingerprint density at radius 3 is 2.43 bits per heavy atom. The molecule has 0 aliphatic heterocycles. The molecule has 0 aliphatic carbocycles. The number of nitrogens with zero attached hydrogens (tertiary/aromatic N) is 1. The maximum atomic E-state index is 5.21. The van der Waals surface area contributed by atoms with Crippen LogP contribution in [0, 0.1) is 0 Å². The molecule has 1 aromatic carbocycles. The molecule has 0 saturated heterocycles. The number of nitrogens with one attached hydrogen (secondary N) is 1. The Bertz CT molecular complexity index is 441. The van der Waals surface area contributed by atoms with Crippen molar-refractivity contribution < 1.29 is 4.74 Å². The van der Waals surface area contributed by atoms with Crippen LogP contribution < -0.4 is 10.2 Å². The number of methoxy groups -OCH3 is 1. The van der Waals surface area contributed by atoms with Crippen molar-refractivity contribution in [3.63, 3.8) is 0 Å². The van der Waals surface area contributed by atoms with Crippen LogP contribution >= 0.6 is 15.9 Å². The van der Waals surface area contributed by atoms with Crippen molar-refractivity contribution in [2.45, 2.75) is 52.7 Å². The summed E-state index contributed by atoms with van der Waals surface area (Å²) in [5.41, 5.74) is 2.64. The van der Waals surface area contributed by atoms with Gasteiger partial charge in [-0.25, -0.2) is 0 Å². The highest BCUT2D eigenvalue weighted by atomic mass is 79.9. The van der Waals surface area contributed by atoms with Crippen LogP contribution in [0.1, 0.15) is 40.2 Å². The molecule has 0 amide bonds. The zero-order chi connectivity index (χ0) is 16.0. The van der Waals surface area contributed by atoms with Crippen LogP contribution in [0.5, 0.6) is 0 Å². The maximum Gasteiger partial charge on any atom is 0.0637 e. The van der Waals surface area contributed by atoms with E-state index in [2.05, 4.69) is 79.0 Å². The molecule has 0 radical (unpaired) electrons. The topological polar surface area (TPSA) is 24.5 Å². The number of hydrogen-bond acceptors (Lipinski definition) is 3. The van der Waals surface area contributed by atoms with Gasteiger partial charge in [-0.1, -0.05) is 22.0 Å². The van der Waals surface area contributed by atoms with Crippen molar-refractivity contribution >= 4 is 21.6 Å². The standard InChI is InChI=1S/C17H29BrN2O/c1-13(2)20(9-10-21-6)15-8-7-14(16(18)11-15)12-19-17(3,4)5/h7-8,11,13,19H,9-10,12H2,1-6H3. The first-order valence-electron chi connectivity index (χ1n) is 7.53. The molecule has 4 heteroatoms. The average molecular weight is 357 g/mol. The van der Waals surface area contributed by atoms with E-state index in [-0.39, 0.29) is 5.54 Å². The quantitative estimate of drug-likeness (QED) is 0.792. The fraction of sp³-hybridized carbons (Fsp3) is 0.647. The van der Waals surface area contributed by atoms with E-state index < -0.39 is 0 Å². The Hall–Kier alpha value is -0.580. The minimum Gasteiger partial charge on any atom is -0.383 e. The first-order chi connectivity index (χ1) is 9.74. The van der Waals surface area contributed by atoms with Gasteiger partial charge < -0.3 is 15.0 Å². The lowest BCUT2D eigenvalue weighted by atomic mass is 10.1. The van der Waals surface area contributed by atoms with E-state index in [1.165, 1.54) is 11.3 Å². The number of halogens is 1. The van der Waals surface area contributed by atoms with Gasteiger partial charge in [0, 0.05) is 41.9 Å². The lowest BCUT2D eigenvalue weighted by molar-refractivity contribution is 0.204. The third-order valence-electron chi connectivity index (χ3n) is 3.34. The molecular formula is C17H29BrN2O. The van der Waals surface area contributed by atoms with Gasteiger partial charge in [-0.15, -0.1) is 0 Å². The van der Waals surface area contributed by atoms with Crippen molar-refractivity contribution in [2.75, 3.05) is 25.2 Å². The smallest absolute Gasteiger partial charge is 0.0637 e. The molecule has 0 spiro atoms. The molecule has 120 valence electrons. The molecule has 0 unspecified atom stereocenters. The first-order valence-corrected chi connectivity index (χ1v) is 8.33. The van der Waals surface area contributed by atoms with E-state index in [0.29, 0.717) is 6.04 Å².